The maximum atomic E-state index is 11.7. The predicted octanol–water partition coefficient (Wildman–Crippen LogP) is 1.33. The SMILES string of the molecule is COC(=O)c1ccc(OCc2noc(C(=O)NC3CC3)n2)cc1. The standard InChI is InChI=1S/C15H15N3O5/c1-21-15(20)9-2-6-11(7-3-9)22-8-12-17-14(23-18-12)13(19)16-10-4-5-10/h2-3,6-7,10H,4-5,8H2,1H3,(H,16,19). The smallest absolute Gasteiger partial charge is 0.337 e. The molecule has 0 unspecified atom stereocenters. The molecular formula is C15H15N3O5. The molecule has 23 heavy (non-hydrogen) atoms. The number of amides is 1. The topological polar surface area (TPSA) is 104 Å². The van der Waals surface area contributed by atoms with Crippen molar-refractivity contribution in [2.24, 2.45) is 0 Å². The molecule has 1 aromatic heterocycles. The third-order valence-corrected chi connectivity index (χ3v) is 3.22. The average Bonchev–Trinajstić information content (AvgIpc) is 3.26. The summed E-state index contributed by atoms with van der Waals surface area (Å²) in [5.41, 5.74) is 0.429. The van der Waals surface area contributed by atoms with Crippen LogP contribution in [-0.2, 0) is 11.3 Å². The first kappa shape index (κ1) is 15.0. The Hall–Kier alpha value is -2.90. The van der Waals surface area contributed by atoms with E-state index in [0.29, 0.717) is 11.3 Å². The van der Waals surface area contributed by atoms with E-state index in [2.05, 4.69) is 20.2 Å². The van der Waals surface area contributed by atoms with Gasteiger partial charge in [-0.1, -0.05) is 5.16 Å². The average molecular weight is 317 g/mol. The lowest BCUT2D eigenvalue weighted by Gasteiger charge is -2.04. The lowest BCUT2D eigenvalue weighted by molar-refractivity contribution is 0.0600. The number of ether oxygens (including phenoxy) is 2. The maximum absolute atomic E-state index is 11.7. The Morgan fingerprint density at radius 3 is 2.70 bits per heavy atom. The summed E-state index contributed by atoms with van der Waals surface area (Å²) >= 11 is 0. The molecule has 120 valence electrons. The van der Waals surface area contributed by atoms with Crippen molar-refractivity contribution in [3.05, 3.63) is 41.5 Å². The molecule has 1 fully saturated rings. The van der Waals surface area contributed by atoms with Crippen LogP contribution in [0.3, 0.4) is 0 Å². The quantitative estimate of drug-likeness (QED) is 0.801. The Morgan fingerprint density at radius 1 is 1.30 bits per heavy atom. The molecule has 1 heterocycles. The van der Waals surface area contributed by atoms with Crippen LogP contribution in [0.2, 0.25) is 0 Å². The van der Waals surface area contributed by atoms with Gasteiger partial charge in [0.1, 0.15) is 5.75 Å². The van der Waals surface area contributed by atoms with Crippen molar-refractivity contribution in [1.29, 1.82) is 0 Å². The largest absolute Gasteiger partial charge is 0.485 e. The first-order chi connectivity index (χ1) is 11.2. The Bertz CT molecular complexity index is 706. The van der Waals surface area contributed by atoms with E-state index in [4.69, 9.17) is 9.26 Å². The summed E-state index contributed by atoms with van der Waals surface area (Å²) in [6, 6.07) is 6.67. The molecule has 0 atom stereocenters. The second kappa shape index (κ2) is 6.47. The first-order valence-electron chi connectivity index (χ1n) is 7.10. The number of hydrogen-bond donors (Lipinski definition) is 1. The summed E-state index contributed by atoms with van der Waals surface area (Å²) in [7, 11) is 1.32. The predicted molar refractivity (Wildman–Crippen MR) is 76.9 cm³/mol. The maximum Gasteiger partial charge on any atom is 0.337 e. The van der Waals surface area contributed by atoms with Gasteiger partial charge in [0.15, 0.2) is 6.61 Å². The number of carbonyl (C=O) groups is 2. The highest BCUT2D eigenvalue weighted by Crippen LogP contribution is 2.19. The zero-order valence-corrected chi connectivity index (χ0v) is 12.4. The van der Waals surface area contributed by atoms with Gasteiger partial charge in [0, 0.05) is 6.04 Å². The van der Waals surface area contributed by atoms with Crippen LogP contribution in [0.25, 0.3) is 0 Å². The number of hydrogen-bond acceptors (Lipinski definition) is 7. The van der Waals surface area contributed by atoms with Gasteiger partial charge in [0.2, 0.25) is 5.82 Å². The van der Waals surface area contributed by atoms with Gasteiger partial charge in [-0.2, -0.15) is 4.98 Å². The Morgan fingerprint density at radius 2 is 2.04 bits per heavy atom. The fourth-order valence-electron chi connectivity index (χ4n) is 1.83. The van der Waals surface area contributed by atoms with E-state index in [1.807, 2.05) is 0 Å². The number of rotatable bonds is 6. The van der Waals surface area contributed by atoms with Gasteiger partial charge in [-0.3, -0.25) is 4.79 Å². The van der Waals surface area contributed by atoms with Crippen LogP contribution < -0.4 is 10.1 Å². The second-order valence-corrected chi connectivity index (χ2v) is 5.07. The minimum absolute atomic E-state index is 0.0534. The molecule has 0 radical (unpaired) electrons. The molecule has 1 aliphatic rings. The van der Waals surface area contributed by atoms with E-state index in [1.165, 1.54) is 7.11 Å². The molecule has 1 aromatic carbocycles. The summed E-state index contributed by atoms with van der Waals surface area (Å²) in [4.78, 5) is 27.0. The minimum Gasteiger partial charge on any atom is -0.485 e. The molecular weight excluding hydrogens is 302 g/mol. The molecule has 1 saturated carbocycles. The number of benzene rings is 1. The van der Waals surface area contributed by atoms with Gasteiger partial charge in [-0.25, -0.2) is 4.79 Å². The normalized spacial score (nSPS) is 13.4. The van der Waals surface area contributed by atoms with Gasteiger partial charge < -0.3 is 19.3 Å². The van der Waals surface area contributed by atoms with Crippen LogP contribution >= 0.6 is 0 Å². The second-order valence-electron chi connectivity index (χ2n) is 5.07. The number of carbonyl (C=O) groups excluding carboxylic acids is 2. The summed E-state index contributed by atoms with van der Waals surface area (Å²) in [5.74, 6) is -0.0549. The molecule has 3 rings (SSSR count). The molecule has 8 nitrogen and oxygen atoms in total. The molecule has 2 aromatic rings. The van der Waals surface area contributed by atoms with Gasteiger partial charge >= 0.3 is 17.8 Å². The Kier molecular flexibility index (Phi) is 4.22. The lowest BCUT2D eigenvalue weighted by Crippen LogP contribution is -2.25. The molecule has 0 aliphatic heterocycles. The summed E-state index contributed by atoms with van der Waals surface area (Å²) in [5, 5.41) is 6.45. The van der Waals surface area contributed by atoms with Crippen molar-refractivity contribution in [2.45, 2.75) is 25.5 Å². The highest BCUT2D eigenvalue weighted by atomic mass is 16.5. The van der Waals surface area contributed by atoms with Crippen LogP contribution in [0.1, 0.15) is 39.7 Å². The third kappa shape index (κ3) is 3.85. The van der Waals surface area contributed by atoms with Crippen molar-refractivity contribution >= 4 is 11.9 Å². The van der Waals surface area contributed by atoms with Crippen molar-refractivity contribution < 1.29 is 23.6 Å². The van der Waals surface area contributed by atoms with Crippen molar-refractivity contribution in [1.82, 2.24) is 15.5 Å². The van der Waals surface area contributed by atoms with E-state index in [1.54, 1.807) is 24.3 Å². The van der Waals surface area contributed by atoms with Gasteiger partial charge in [0.25, 0.3) is 0 Å². The number of methoxy groups -OCH3 is 1. The van der Waals surface area contributed by atoms with Crippen LogP contribution in [0.15, 0.2) is 28.8 Å². The molecule has 0 bridgehead atoms. The van der Waals surface area contributed by atoms with Crippen LogP contribution in [0.5, 0.6) is 5.75 Å². The summed E-state index contributed by atoms with van der Waals surface area (Å²) in [6.07, 6.45) is 1.97. The van der Waals surface area contributed by atoms with Crippen LogP contribution in [0.4, 0.5) is 0 Å². The highest BCUT2D eigenvalue weighted by molar-refractivity contribution is 5.90. The van der Waals surface area contributed by atoms with Crippen LogP contribution in [0, 0.1) is 0 Å². The van der Waals surface area contributed by atoms with Gasteiger partial charge in [0.05, 0.1) is 12.7 Å². The molecule has 1 amide bonds. The molecule has 1 N–H and O–H groups in total. The number of nitrogens with one attached hydrogen (secondary N) is 1. The van der Waals surface area contributed by atoms with E-state index < -0.39 is 5.97 Å². The zero-order chi connectivity index (χ0) is 16.2. The molecule has 0 spiro atoms. The van der Waals surface area contributed by atoms with E-state index in [9.17, 15) is 9.59 Å². The summed E-state index contributed by atoms with van der Waals surface area (Å²) in [6.45, 7) is 0.0534. The van der Waals surface area contributed by atoms with Crippen LogP contribution in [-0.4, -0.2) is 35.2 Å². The van der Waals surface area contributed by atoms with Crippen molar-refractivity contribution in [2.75, 3.05) is 7.11 Å². The van der Waals surface area contributed by atoms with Crippen molar-refractivity contribution in [3.8, 4) is 5.75 Å². The first-order valence-corrected chi connectivity index (χ1v) is 7.10. The minimum atomic E-state index is -0.416. The van der Waals surface area contributed by atoms with Gasteiger partial charge in [-0.05, 0) is 37.1 Å². The Balaban J connectivity index is 1.54. The molecule has 1 aliphatic carbocycles. The number of aromatic nitrogens is 2. The fourth-order valence-corrected chi connectivity index (χ4v) is 1.83. The third-order valence-electron chi connectivity index (χ3n) is 3.22. The van der Waals surface area contributed by atoms with E-state index >= 15 is 0 Å². The van der Waals surface area contributed by atoms with Gasteiger partial charge in [-0.15, -0.1) is 0 Å². The lowest BCUT2D eigenvalue weighted by atomic mass is 10.2. The zero-order valence-electron chi connectivity index (χ0n) is 12.4. The van der Waals surface area contributed by atoms with Crippen molar-refractivity contribution in [3.63, 3.8) is 0 Å². The number of esters is 1. The van der Waals surface area contributed by atoms with E-state index in [0.717, 1.165) is 12.8 Å². The molecule has 8 heteroatoms. The Labute approximate surface area is 131 Å². The summed E-state index contributed by atoms with van der Waals surface area (Å²) < 4.78 is 15.0. The monoisotopic (exact) mass is 317 g/mol. The van der Waals surface area contributed by atoms with E-state index in [-0.39, 0.29) is 30.3 Å². The highest BCUT2D eigenvalue weighted by Gasteiger charge is 2.26. The fraction of sp³-hybridized carbons (Fsp3) is 0.333. The number of nitrogens with zero attached hydrogens (tertiary/aromatic N) is 2. The molecule has 0 saturated heterocycles.